The molecule has 0 spiro atoms. The minimum absolute atomic E-state index is 0.0119. The molecule has 0 aliphatic carbocycles. The Morgan fingerprint density at radius 2 is 1.66 bits per heavy atom. The van der Waals surface area contributed by atoms with Gasteiger partial charge in [0.15, 0.2) is 5.75 Å². The lowest BCUT2D eigenvalue weighted by Crippen LogP contribution is -2.51. The molecule has 428 valence electrons. The largest absolute Gasteiger partial charge is 0.508 e. The number of piperazine rings is 1. The number of aliphatic hydroxyl groups excluding tert-OH is 1. The molecule has 2 bridgehead atoms. The number of pyridine rings is 1. The van der Waals surface area contributed by atoms with E-state index in [1.165, 1.54) is 12.1 Å². The average Bonchev–Trinajstić information content (AvgIpc) is 4.32. The van der Waals surface area contributed by atoms with Crippen LogP contribution in [0.1, 0.15) is 101 Å². The number of hydrogen-bond donors (Lipinski definition) is 4. The number of aryl methyl sites for hydroxylation is 2. The third kappa shape index (κ3) is 12.3. The normalized spacial score (nSPS) is 17.9. The first-order valence-corrected chi connectivity index (χ1v) is 28.5. The predicted octanol–water partition coefficient (Wildman–Crippen LogP) is 10.5. The lowest BCUT2D eigenvalue weighted by Gasteiger charge is -2.34. The van der Waals surface area contributed by atoms with Gasteiger partial charge in [0.25, 0.3) is 0 Å². The van der Waals surface area contributed by atoms with E-state index in [4.69, 9.17) is 29.5 Å². The van der Waals surface area contributed by atoms with Crippen molar-refractivity contribution in [1.29, 1.82) is 0 Å². The summed E-state index contributed by atoms with van der Waals surface area (Å²) in [6.45, 7) is 12.6. The van der Waals surface area contributed by atoms with Crippen LogP contribution in [0.3, 0.4) is 0 Å². The molecule has 8 aromatic rings. The number of nitrogens with zero attached hydrogens (tertiary/aromatic N) is 8. The summed E-state index contributed by atoms with van der Waals surface area (Å²) >= 11 is 0. The molecule has 5 unspecified atom stereocenters. The van der Waals surface area contributed by atoms with Crippen LogP contribution in [-0.4, -0.2) is 115 Å². The second-order valence-electron chi connectivity index (χ2n) is 22.2. The van der Waals surface area contributed by atoms with Gasteiger partial charge in [0.05, 0.1) is 30.3 Å². The van der Waals surface area contributed by atoms with E-state index in [2.05, 4.69) is 32.8 Å². The predicted molar refractivity (Wildman–Crippen MR) is 313 cm³/mol. The molecule has 3 aliphatic rings. The van der Waals surface area contributed by atoms with E-state index >= 15 is 4.39 Å². The summed E-state index contributed by atoms with van der Waals surface area (Å²) in [4.78, 5) is 43.9. The number of benzene rings is 5. The molecule has 18 heteroatoms. The van der Waals surface area contributed by atoms with Gasteiger partial charge in [-0.3, -0.25) is 14.6 Å². The maximum Gasteiger partial charge on any atom is 0.248 e. The number of amides is 2. The van der Waals surface area contributed by atoms with Gasteiger partial charge in [-0.15, -0.1) is 5.10 Å². The Morgan fingerprint density at radius 1 is 0.915 bits per heavy atom. The number of halogens is 2. The Balaban J connectivity index is 0.000000335. The first-order valence-electron chi connectivity index (χ1n) is 28.5. The molecular weight excluding hydrogens is 1040 g/mol. The number of likely N-dealkylation sites (tertiary alicyclic amines) is 1. The highest BCUT2D eigenvalue weighted by molar-refractivity contribution is 6.04. The van der Waals surface area contributed by atoms with Crippen molar-refractivity contribution in [2.45, 2.75) is 122 Å². The Hall–Kier alpha value is -7.93. The molecule has 0 radical (unpaired) electrons. The van der Waals surface area contributed by atoms with Gasteiger partial charge in [0.1, 0.15) is 58.6 Å². The molecule has 11 rings (SSSR count). The van der Waals surface area contributed by atoms with Gasteiger partial charge in [0.2, 0.25) is 12.3 Å². The van der Waals surface area contributed by atoms with Crippen LogP contribution >= 0.6 is 0 Å². The molecule has 4 N–H and O–H groups in total. The molecule has 16 nitrogen and oxygen atoms in total. The highest BCUT2D eigenvalue weighted by atomic mass is 19.1. The van der Waals surface area contributed by atoms with E-state index in [0.29, 0.717) is 87.3 Å². The van der Waals surface area contributed by atoms with Crippen molar-refractivity contribution in [1.82, 2.24) is 45.5 Å². The fourth-order valence-corrected chi connectivity index (χ4v) is 11.8. The lowest BCUT2D eigenvalue weighted by atomic mass is 9.94. The fourth-order valence-electron chi connectivity index (χ4n) is 11.8. The minimum atomic E-state index is -0.438. The second-order valence-corrected chi connectivity index (χ2v) is 22.2. The van der Waals surface area contributed by atoms with Crippen molar-refractivity contribution < 1.29 is 38.1 Å². The van der Waals surface area contributed by atoms with E-state index in [1.54, 1.807) is 72.5 Å². The Bertz CT molecular complexity index is 3530. The molecule has 82 heavy (non-hydrogen) atoms. The van der Waals surface area contributed by atoms with E-state index < -0.39 is 12.1 Å². The Morgan fingerprint density at radius 3 is 2.33 bits per heavy atom. The van der Waals surface area contributed by atoms with Crippen molar-refractivity contribution in [2.24, 2.45) is 5.92 Å². The summed E-state index contributed by atoms with van der Waals surface area (Å²) in [5.74, 6) is 1.48. The molecular formula is C64H72F2N10O6. The third-order valence-electron chi connectivity index (χ3n) is 16.3. The van der Waals surface area contributed by atoms with Gasteiger partial charge < -0.3 is 40.1 Å². The summed E-state index contributed by atoms with van der Waals surface area (Å²) < 4.78 is 43.4. The zero-order chi connectivity index (χ0) is 57.6. The van der Waals surface area contributed by atoms with E-state index in [0.717, 1.165) is 85.2 Å². The van der Waals surface area contributed by atoms with Crippen molar-refractivity contribution in [3.8, 4) is 45.1 Å². The Kier molecular flexibility index (Phi) is 17.8. The maximum atomic E-state index is 15.6. The Labute approximate surface area is 476 Å². The summed E-state index contributed by atoms with van der Waals surface area (Å²) in [7, 11) is 1.71. The molecule has 3 saturated heterocycles. The minimum Gasteiger partial charge on any atom is -0.508 e. The number of phenols is 1. The number of fused-ring (bicyclic) bond motifs is 4. The molecule has 6 atom stereocenters. The average molecular weight is 1120 g/mol. The second kappa shape index (κ2) is 25.5. The van der Waals surface area contributed by atoms with Crippen LogP contribution in [0.5, 0.6) is 11.5 Å². The van der Waals surface area contributed by atoms with Crippen LogP contribution < -0.4 is 20.3 Å². The van der Waals surface area contributed by atoms with Crippen molar-refractivity contribution in [3.05, 3.63) is 144 Å². The van der Waals surface area contributed by atoms with E-state index in [1.807, 2.05) is 69.3 Å². The number of ether oxygens (including phenoxy) is 2. The van der Waals surface area contributed by atoms with Crippen LogP contribution in [-0.2, 0) is 33.8 Å². The van der Waals surface area contributed by atoms with Gasteiger partial charge in [-0.2, -0.15) is 0 Å². The van der Waals surface area contributed by atoms with Crippen LogP contribution in [0.4, 0.5) is 14.6 Å². The number of rotatable bonds is 19. The van der Waals surface area contributed by atoms with Crippen molar-refractivity contribution in [2.75, 3.05) is 38.3 Å². The zero-order valence-electron chi connectivity index (χ0n) is 47.4. The van der Waals surface area contributed by atoms with Gasteiger partial charge in [-0.05, 0) is 116 Å². The van der Waals surface area contributed by atoms with Crippen LogP contribution in [0.25, 0.3) is 55.3 Å². The summed E-state index contributed by atoms with van der Waals surface area (Å²) in [5.41, 5.74) is 6.62. The number of carbonyl (C=O) groups excluding carboxylic acids is 2. The van der Waals surface area contributed by atoms with Gasteiger partial charge in [-0.25, -0.2) is 23.4 Å². The number of phenolic OH excluding ortho intramolecular Hbond substituents is 1. The fraction of sp³-hybridized carbons (Fsp3) is 0.391. The molecule has 5 aromatic carbocycles. The third-order valence-corrected chi connectivity index (χ3v) is 16.3. The van der Waals surface area contributed by atoms with E-state index in [9.17, 15) is 19.1 Å². The molecule has 3 fully saturated rings. The monoisotopic (exact) mass is 1110 g/mol. The van der Waals surface area contributed by atoms with Crippen molar-refractivity contribution >= 4 is 39.8 Å². The lowest BCUT2D eigenvalue weighted by molar-refractivity contribution is -0.137. The quantitative estimate of drug-likeness (QED) is 0.0560. The van der Waals surface area contributed by atoms with Crippen LogP contribution in [0.2, 0.25) is 0 Å². The number of anilines is 1. The number of methoxy groups -OCH3 is 1. The summed E-state index contributed by atoms with van der Waals surface area (Å²) in [5, 5.41) is 37.6. The van der Waals surface area contributed by atoms with Crippen molar-refractivity contribution in [3.63, 3.8) is 0 Å². The standard InChI is InChI=1S/C49H58FN9O4.C15H14FNO2/c1-7-37-40(50)18-15-33-21-36(60)22-38(43(33)37)44-47(45-39(23-51-44)48(54-42(53-45)19-10-30(5)62-6)57-24-34-16-17-35(25-57)52-34)63-27-31-11-13-32(14-12-31)41-26-59(56-55-41)46(28(2)3)49(61)58-20-8-9-29(58)4;16-14-4-2-1-3-13(14)11-5-7-12(8-6-11)15(9-18)17-10-19/h11-15,18,21-23,26,28-30,34-35,46,52,60H,7-10,16-17,19-20,24-25,27H2,1-6H3;1-8,10,15,18H,9H2,(H,17,19)/t29?,30-,34?,35?,46?;/m0./s1. The van der Waals surface area contributed by atoms with Crippen LogP contribution in [0.15, 0.2) is 109 Å². The molecule has 6 heterocycles. The zero-order valence-corrected chi connectivity index (χ0v) is 47.4. The van der Waals surface area contributed by atoms with E-state index in [-0.39, 0.29) is 54.6 Å². The highest BCUT2D eigenvalue weighted by Gasteiger charge is 2.36. The number of carbonyl (C=O) groups is 2. The maximum absolute atomic E-state index is 15.6. The smallest absolute Gasteiger partial charge is 0.248 e. The molecule has 2 amide bonds. The topological polar surface area (TPSA) is 193 Å². The number of aromatic nitrogens is 6. The first-order chi connectivity index (χ1) is 39.7. The first kappa shape index (κ1) is 57.3. The highest BCUT2D eigenvalue weighted by Crippen LogP contribution is 2.44. The number of aliphatic hydroxyl groups is 1. The van der Waals surface area contributed by atoms with Gasteiger partial charge in [-0.1, -0.05) is 98.8 Å². The summed E-state index contributed by atoms with van der Waals surface area (Å²) in [6.07, 6.45) is 10.3. The van der Waals surface area contributed by atoms with Gasteiger partial charge >= 0.3 is 0 Å². The van der Waals surface area contributed by atoms with Gasteiger partial charge in [0, 0.05) is 74.2 Å². The number of aromatic hydroxyl groups is 1. The van der Waals surface area contributed by atoms with Crippen LogP contribution in [0, 0.1) is 17.6 Å². The number of nitrogens with one attached hydrogen (secondary N) is 2. The molecule has 0 saturated carbocycles. The summed E-state index contributed by atoms with van der Waals surface area (Å²) in [6, 6.07) is 28.1. The number of hydrogen-bond acceptors (Lipinski definition) is 13. The molecule has 3 aliphatic heterocycles. The SMILES string of the molecule is CCc1c(F)ccc2cc(O)cc(-c3ncc4c(N5CC6CCC(C5)N6)nc(CC[C@H](C)OC)nc4c3OCc3ccc(-c4cn(C(C(=O)N5CCCC5C)C(C)C)nn4)cc3)c12.O=CNC(CO)c1ccc(-c2ccccc2F)cc1. The molecule has 3 aromatic heterocycles.